The maximum Gasteiger partial charge on any atom is 0.128 e. The van der Waals surface area contributed by atoms with Gasteiger partial charge in [0, 0.05) is 12.4 Å². The number of nitrogens with zero attached hydrogens (tertiary/aromatic N) is 2. The van der Waals surface area contributed by atoms with Gasteiger partial charge in [0.25, 0.3) is 0 Å². The van der Waals surface area contributed by atoms with Crippen LogP contribution in [0.4, 0.5) is 0 Å². The number of aliphatic hydroxyl groups excluding tert-OH is 2. The molecular weight excluding hydrogens is 543 g/mol. The van der Waals surface area contributed by atoms with Crippen LogP contribution in [0.2, 0.25) is 0 Å². The summed E-state index contributed by atoms with van der Waals surface area (Å²) in [5.41, 5.74) is 1.12. The van der Waals surface area contributed by atoms with E-state index >= 15 is 0 Å². The van der Waals surface area contributed by atoms with Gasteiger partial charge in [-0.05, 0) is 64.1 Å². The van der Waals surface area contributed by atoms with E-state index < -0.39 is 12.2 Å². The molecule has 1 aromatic heterocycles. The molecule has 0 radical (unpaired) electrons. The molecule has 1 aliphatic carbocycles. The normalized spacial score (nSPS) is 18.5. The minimum absolute atomic E-state index is 0.0897. The fourth-order valence-corrected chi connectivity index (χ4v) is 4.50. The summed E-state index contributed by atoms with van der Waals surface area (Å²) < 4.78 is 14.3. The smallest absolute Gasteiger partial charge is 0.128 e. The Kier molecular flexibility index (Phi) is 9.04. The summed E-state index contributed by atoms with van der Waals surface area (Å²) in [5.74, 6) is 2.01. The zero-order valence-electron chi connectivity index (χ0n) is 18.3. The predicted octanol–water partition coefficient (Wildman–Crippen LogP) is 4.44. The first-order valence-corrected chi connectivity index (χ1v) is 12.2. The first-order chi connectivity index (χ1) is 15.3. The van der Waals surface area contributed by atoms with Crippen LogP contribution in [0.25, 0.3) is 0 Å². The lowest BCUT2D eigenvalue weighted by Crippen LogP contribution is -2.29. The molecule has 0 spiro atoms. The van der Waals surface area contributed by atoms with Gasteiger partial charge in [-0.15, -0.1) is 11.6 Å². The number of hydrogen-bond acceptors (Lipinski definition) is 5. The van der Waals surface area contributed by atoms with Crippen LogP contribution < -0.4 is 4.74 Å². The molecule has 8 heteroatoms. The van der Waals surface area contributed by atoms with Gasteiger partial charge in [-0.25, -0.2) is 4.98 Å². The van der Waals surface area contributed by atoms with Crippen molar-refractivity contribution in [3.8, 4) is 5.75 Å². The van der Waals surface area contributed by atoms with E-state index in [0.29, 0.717) is 12.5 Å². The molecule has 2 aromatic rings. The van der Waals surface area contributed by atoms with Gasteiger partial charge in [-0.2, -0.15) is 0 Å². The molecule has 2 N–H and O–H groups in total. The third-order valence-corrected chi connectivity index (χ3v) is 6.95. The van der Waals surface area contributed by atoms with Crippen molar-refractivity contribution in [2.24, 2.45) is 5.92 Å². The molecule has 1 aliphatic rings. The molecule has 6 nitrogen and oxygen atoms in total. The Morgan fingerprint density at radius 1 is 1.19 bits per heavy atom. The zero-order valence-corrected chi connectivity index (χ0v) is 21.2. The summed E-state index contributed by atoms with van der Waals surface area (Å²) >= 11 is 7.93. The number of benzene rings is 1. The van der Waals surface area contributed by atoms with Crippen molar-refractivity contribution in [3.05, 3.63) is 70.0 Å². The molecule has 0 saturated carbocycles. The summed E-state index contributed by atoms with van der Waals surface area (Å²) in [6.07, 6.45) is 9.08. The third kappa shape index (κ3) is 6.73. The standard InChI is InChI=1S/C24H30ClIN2O4/c1-24(2,18-5-8-23(22(26)11-18)32-14-19(29)12-25)17-3-6-21(7-4-17)31-15-20(30)13-28-10-9-27-16-28/h3-4,6-11,16,18-20,29-30H,5,12-15H2,1-2H3/t18-,19-,20+/m0/s1. The number of aromatic nitrogens is 2. The van der Waals surface area contributed by atoms with Gasteiger partial charge in [-0.1, -0.05) is 32.1 Å². The highest BCUT2D eigenvalue weighted by Gasteiger charge is 2.32. The molecule has 1 aromatic carbocycles. The Labute approximate surface area is 208 Å². The van der Waals surface area contributed by atoms with E-state index in [1.165, 1.54) is 5.56 Å². The van der Waals surface area contributed by atoms with Gasteiger partial charge in [0.15, 0.2) is 0 Å². The molecule has 174 valence electrons. The lowest BCUT2D eigenvalue weighted by atomic mass is 9.71. The second-order valence-electron chi connectivity index (χ2n) is 8.51. The molecule has 32 heavy (non-hydrogen) atoms. The first-order valence-electron chi connectivity index (χ1n) is 10.6. The second-order valence-corrected chi connectivity index (χ2v) is 9.99. The van der Waals surface area contributed by atoms with Crippen molar-refractivity contribution in [1.29, 1.82) is 0 Å². The van der Waals surface area contributed by atoms with Crippen LogP contribution in [-0.2, 0) is 16.7 Å². The molecule has 0 aliphatic heterocycles. The number of allylic oxidation sites excluding steroid dienone is 3. The second kappa shape index (κ2) is 11.5. The number of imidazole rings is 1. The van der Waals surface area contributed by atoms with Crippen LogP contribution in [0.5, 0.6) is 5.75 Å². The van der Waals surface area contributed by atoms with E-state index in [2.05, 4.69) is 65.7 Å². The van der Waals surface area contributed by atoms with E-state index in [4.69, 9.17) is 21.1 Å². The minimum Gasteiger partial charge on any atom is -0.491 e. The van der Waals surface area contributed by atoms with Crippen LogP contribution in [0.1, 0.15) is 25.8 Å². The first kappa shape index (κ1) is 25.1. The molecule has 0 unspecified atom stereocenters. The molecule has 0 saturated heterocycles. The van der Waals surface area contributed by atoms with Crippen molar-refractivity contribution in [1.82, 2.24) is 9.55 Å². The molecule has 0 amide bonds. The van der Waals surface area contributed by atoms with Crippen LogP contribution in [0.3, 0.4) is 0 Å². The highest BCUT2D eigenvalue weighted by molar-refractivity contribution is 14.1. The lowest BCUT2D eigenvalue weighted by Gasteiger charge is -2.35. The van der Waals surface area contributed by atoms with E-state index in [1.807, 2.05) is 22.9 Å². The number of halogens is 2. The number of aliphatic hydroxyl groups is 2. The van der Waals surface area contributed by atoms with Crippen molar-refractivity contribution in [2.75, 3.05) is 19.1 Å². The summed E-state index contributed by atoms with van der Waals surface area (Å²) in [6, 6.07) is 8.09. The fraction of sp³-hybridized carbons (Fsp3) is 0.458. The van der Waals surface area contributed by atoms with Crippen molar-refractivity contribution in [3.63, 3.8) is 0 Å². The Bertz CT molecular complexity index is 913. The highest BCUT2D eigenvalue weighted by atomic mass is 127. The predicted molar refractivity (Wildman–Crippen MR) is 134 cm³/mol. The van der Waals surface area contributed by atoms with Gasteiger partial charge < -0.3 is 24.3 Å². The summed E-state index contributed by atoms with van der Waals surface area (Å²) in [7, 11) is 0. The quantitative estimate of drug-likeness (QED) is 0.308. The summed E-state index contributed by atoms with van der Waals surface area (Å²) in [5, 5.41) is 19.8. The van der Waals surface area contributed by atoms with Crippen molar-refractivity contribution >= 4 is 34.2 Å². The molecule has 3 rings (SSSR count). The maximum atomic E-state index is 10.1. The van der Waals surface area contributed by atoms with Gasteiger partial charge in [0.1, 0.15) is 36.9 Å². The van der Waals surface area contributed by atoms with Crippen LogP contribution in [-0.4, -0.2) is 51.1 Å². The minimum atomic E-state index is -0.663. The third-order valence-electron chi connectivity index (χ3n) is 5.70. The summed E-state index contributed by atoms with van der Waals surface area (Å²) in [6.45, 7) is 5.33. The molecule has 0 bridgehead atoms. The van der Waals surface area contributed by atoms with Gasteiger partial charge in [0.05, 0.1) is 22.3 Å². The van der Waals surface area contributed by atoms with Crippen molar-refractivity contribution in [2.45, 2.75) is 44.4 Å². The van der Waals surface area contributed by atoms with E-state index in [9.17, 15) is 10.2 Å². The number of rotatable bonds is 11. The Morgan fingerprint density at radius 3 is 2.53 bits per heavy atom. The van der Waals surface area contributed by atoms with Crippen molar-refractivity contribution < 1.29 is 19.7 Å². The Hall–Kier alpha value is -1.55. The van der Waals surface area contributed by atoms with Gasteiger partial charge in [-0.3, -0.25) is 0 Å². The highest BCUT2D eigenvalue weighted by Crippen LogP contribution is 2.41. The number of alkyl halides is 1. The Morgan fingerprint density at radius 2 is 1.91 bits per heavy atom. The van der Waals surface area contributed by atoms with Gasteiger partial charge in [0.2, 0.25) is 0 Å². The lowest BCUT2D eigenvalue weighted by molar-refractivity contribution is 0.0890. The molecule has 1 heterocycles. The van der Waals surface area contributed by atoms with E-state index in [0.717, 1.165) is 21.5 Å². The van der Waals surface area contributed by atoms with Crippen LogP contribution >= 0.6 is 34.2 Å². The van der Waals surface area contributed by atoms with E-state index in [-0.39, 0.29) is 24.5 Å². The Balaban J connectivity index is 1.56. The molecule has 0 fully saturated rings. The molecule has 3 atom stereocenters. The number of ether oxygens (including phenoxy) is 2. The van der Waals surface area contributed by atoms with Crippen LogP contribution in [0.15, 0.2) is 64.5 Å². The SMILES string of the molecule is CC(C)(c1ccc(OC[C@H](O)Cn2ccnc2)cc1)[C@@H]1C=C(I)C(OC[C@@H](O)CCl)=CC1. The maximum absolute atomic E-state index is 10.1. The zero-order chi connectivity index (χ0) is 23.1. The largest absolute Gasteiger partial charge is 0.491 e. The average molecular weight is 573 g/mol. The molecular formula is C24H30ClIN2O4. The number of hydrogen-bond donors (Lipinski definition) is 2. The topological polar surface area (TPSA) is 76.7 Å². The van der Waals surface area contributed by atoms with Gasteiger partial charge >= 0.3 is 0 Å². The average Bonchev–Trinajstić information content (AvgIpc) is 3.29. The fourth-order valence-electron chi connectivity index (χ4n) is 3.60. The summed E-state index contributed by atoms with van der Waals surface area (Å²) in [4.78, 5) is 3.97. The van der Waals surface area contributed by atoms with Crippen LogP contribution in [0, 0.1) is 5.92 Å². The van der Waals surface area contributed by atoms with E-state index in [1.54, 1.807) is 12.5 Å². The monoisotopic (exact) mass is 572 g/mol.